The summed E-state index contributed by atoms with van der Waals surface area (Å²) in [6.07, 6.45) is -3.87. The topological polar surface area (TPSA) is 62.1 Å². The molecule has 3 atom stereocenters. The second-order valence-electron chi connectivity index (χ2n) is 8.44. The predicted octanol–water partition coefficient (Wildman–Crippen LogP) is 4.38. The van der Waals surface area contributed by atoms with Crippen molar-refractivity contribution < 1.29 is 27.8 Å². The van der Waals surface area contributed by atoms with Crippen molar-refractivity contribution in [3.63, 3.8) is 0 Å². The smallest absolute Gasteiger partial charge is 0.439 e. The lowest BCUT2D eigenvalue weighted by Crippen LogP contribution is -2.62. The van der Waals surface area contributed by atoms with E-state index in [1.165, 1.54) is 0 Å². The van der Waals surface area contributed by atoms with E-state index in [4.69, 9.17) is 4.74 Å². The Labute approximate surface area is 168 Å². The number of aryl methyl sites for hydroxylation is 1. The summed E-state index contributed by atoms with van der Waals surface area (Å²) < 4.78 is 47.2. The number of hydrazone groups is 1. The minimum Gasteiger partial charge on any atom is -0.483 e. The van der Waals surface area contributed by atoms with E-state index in [9.17, 15) is 23.1 Å². The van der Waals surface area contributed by atoms with Gasteiger partial charge in [-0.05, 0) is 55.2 Å². The summed E-state index contributed by atoms with van der Waals surface area (Å²) in [4.78, 5) is 12.7. The fraction of sp³-hybridized carbons (Fsp3) is 0.619. The average molecular weight is 412 g/mol. The number of hydrogen-bond donors (Lipinski definition) is 1. The van der Waals surface area contributed by atoms with E-state index in [2.05, 4.69) is 5.10 Å². The molecule has 0 saturated heterocycles. The summed E-state index contributed by atoms with van der Waals surface area (Å²) >= 11 is 0. The van der Waals surface area contributed by atoms with Crippen LogP contribution in [-0.4, -0.2) is 40.2 Å². The van der Waals surface area contributed by atoms with Gasteiger partial charge in [0.25, 0.3) is 11.6 Å². The highest BCUT2D eigenvalue weighted by atomic mass is 19.4. The molecule has 1 N–H and O–H groups in total. The Morgan fingerprint density at radius 2 is 2.10 bits per heavy atom. The SMILES string of the molecule is Cc1ccc(C(C)C)c(OCC(=O)N2N=C3CCC(C)CC3C2(O)C(F)(F)F)c1. The van der Waals surface area contributed by atoms with Gasteiger partial charge in [-0.15, -0.1) is 0 Å². The number of ether oxygens (including phenoxy) is 1. The van der Waals surface area contributed by atoms with Crippen LogP contribution in [0.1, 0.15) is 57.1 Å². The molecule has 0 aromatic heterocycles. The zero-order chi connectivity index (χ0) is 21.6. The molecule has 5 nitrogen and oxygen atoms in total. The molecule has 1 heterocycles. The van der Waals surface area contributed by atoms with Crippen molar-refractivity contribution in [3.8, 4) is 5.75 Å². The molecule has 1 amide bonds. The molecule has 0 bridgehead atoms. The van der Waals surface area contributed by atoms with E-state index in [0.29, 0.717) is 18.6 Å². The number of fused-ring (bicyclic) bond motifs is 1. The number of hydrogen-bond acceptors (Lipinski definition) is 4. The van der Waals surface area contributed by atoms with Gasteiger partial charge in [-0.1, -0.05) is 32.9 Å². The van der Waals surface area contributed by atoms with Crippen LogP contribution in [0.2, 0.25) is 0 Å². The second-order valence-corrected chi connectivity index (χ2v) is 8.44. The highest BCUT2D eigenvalue weighted by molar-refractivity contribution is 5.93. The van der Waals surface area contributed by atoms with Crippen LogP contribution >= 0.6 is 0 Å². The maximum Gasteiger partial charge on any atom is 0.439 e. The molecule has 160 valence electrons. The molecule has 1 aliphatic carbocycles. The molecule has 3 rings (SSSR count). The summed E-state index contributed by atoms with van der Waals surface area (Å²) in [6, 6.07) is 5.53. The average Bonchev–Trinajstić information content (AvgIpc) is 2.93. The molecular weight excluding hydrogens is 385 g/mol. The number of carbonyl (C=O) groups excluding carboxylic acids is 1. The van der Waals surface area contributed by atoms with Crippen molar-refractivity contribution in [1.82, 2.24) is 5.01 Å². The van der Waals surface area contributed by atoms with Crippen molar-refractivity contribution in [2.24, 2.45) is 16.9 Å². The van der Waals surface area contributed by atoms with Crippen LogP contribution in [0.4, 0.5) is 13.2 Å². The fourth-order valence-electron chi connectivity index (χ4n) is 4.10. The monoisotopic (exact) mass is 412 g/mol. The fourth-order valence-corrected chi connectivity index (χ4v) is 4.10. The first kappa shape index (κ1) is 21.6. The van der Waals surface area contributed by atoms with Crippen molar-refractivity contribution in [3.05, 3.63) is 29.3 Å². The summed E-state index contributed by atoms with van der Waals surface area (Å²) in [5, 5.41) is 14.8. The first-order chi connectivity index (χ1) is 13.4. The molecular formula is C21H27F3N2O3. The van der Waals surface area contributed by atoms with Gasteiger partial charge in [0.1, 0.15) is 5.75 Å². The largest absolute Gasteiger partial charge is 0.483 e. The summed E-state index contributed by atoms with van der Waals surface area (Å²) in [5.74, 6) is -1.68. The number of nitrogens with zero attached hydrogens (tertiary/aromatic N) is 2. The van der Waals surface area contributed by atoms with E-state index >= 15 is 0 Å². The highest BCUT2D eigenvalue weighted by Gasteiger charge is 2.68. The Morgan fingerprint density at radius 1 is 1.41 bits per heavy atom. The molecule has 1 aromatic carbocycles. The zero-order valence-electron chi connectivity index (χ0n) is 17.1. The van der Waals surface area contributed by atoms with Crippen molar-refractivity contribution in [2.45, 2.75) is 64.8 Å². The van der Waals surface area contributed by atoms with Gasteiger partial charge in [0.2, 0.25) is 0 Å². The van der Waals surface area contributed by atoms with E-state index in [0.717, 1.165) is 11.1 Å². The van der Waals surface area contributed by atoms with Crippen LogP contribution in [0.25, 0.3) is 0 Å². The lowest BCUT2D eigenvalue weighted by Gasteiger charge is -2.39. The quantitative estimate of drug-likeness (QED) is 0.798. The molecule has 1 aliphatic heterocycles. The number of rotatable bonds is 4. The molecule has 0 spiro atoms. The first-order valence-corrected chi connectivity index (χ1v) is 9.88. The second kappa shape index (κ2) is 7.63. The molecule has 1 aromatic rings. The summed E-state index contributed by atoms with van der Waals surface area (Å²) in [7, 11) is 0. The van der Waals surface area contributed by atoms with Gasteiger partial charge in [0.05, 0.1) is 5.92 Å². The van der Waals surface area contributed by atoms with Crippen LogP contribution in [0.5, 0.6) is 5.75 Å². The van der Waals surface area contributed by atoms with E-state index < -0.39 is 30.3 Å². The Kier molecular flexibility index (Phi) is 5.69. The molecule has 3 unspecified atom stereocenters. The molecule has 0 radical (unpaired) electrons. The molecule has 1 saturated carbocycles. The number of benzene rings is 1. The van der Waals surface area contributed by atoms with Gasteiger partial charge in [-0.3, -0.25) is 4.79 Å². The van der Waals surface area contributed by atoms with E-state index in [1.807, 2.05) is 39.8 Å². The lowest BCUT2D eigenvalue weighted by molar-refractivity contribution is -0.318. The maximum absolute atomic E-state index is 13.9. The number of amides is 1. The van der Waals surface area contributed by atoms with Crippen molar-refractivity contribution in [2.75, 3.05) is 6.61 Å². The third kappa shape index (κ3) is 3.86. The normalized spacial score (nSPS) is 27.1. The van der Waals surface area contributed by atoms with Gasteiger partial charge >= 0.3 is 6.18 Å². The zero-order valence-corrected chi connectivity index (χ0v) is 17.1. The lowest BCUT2D eigenvalue weighted by atomic mass is 9.76. The number of carbonyl (C=O) groups is 1. The van der Waals surface area contributed by atoms with E-state index in [-0.39, 0.29) is 29.0 Å². The van der Waals surface area contributed by atoms with E-state index in [1.54, 1.807) is 6.07 Å². The highest BCUT2D eigenvalue weighted by Crippen LogP contribution is 2.49. The van der Waals surface area contributed by atoms with Crippen LogP contribution in [0.3, 0.4) is 0 Å². The first-order valence-electron chi connectivity index (χ1n) is 9.88. The molecule has 8 heteroatoms. The van der Waals surface area contributed by atoms with Gasteiger partial charge in [0.15, 0.2) is 6.61 Å². The van der Waals surface area contributed by atoms with Gasteiger partial charge < -0.3 is 9.84 Å². The third-order valence-electron chi connectivity index (χ3n) is 5.77. The maximum atomic E-state index is 13.9. The van der Waals surface area contributed by atoms with Crippen LogP contribution in [0.15, 0.2) is 23.3 Å². The molecule has 1 fully saturated rings. The third-order valence-corrected chi connectivity index (χ3v) is 5.77. The molecule has 2 aliphatic rings. The molecule has 29 heavy (non-hydrogen) atoms. The Morgan fingerprint density at radius 3 is 2.72 bits per heavy atom. The number of alkyl halides is 3. The van der Waals surface area contributed by atoms with Crippen LogP contribution in [-0.2, 0) is 4.79 Å². The summed E-state index contributed by atoms with van der Waals surface area (Å²) in [6.45, 7) is 6.98. The standard InChI is InChI=1S/C21H27F3N2O3/c1-12(2)15-7-5-14(4)10-18(15)29-11-19(27)26-20(28,21(22,23)24)16-9-13(3)6-8-17(16)25-26/h5,7,10,12-13,16,28H,6,8-9,11H2,1-4H3. The van der Waals surface area contributed by atoms with Crippen LogP contribution in [0, 0.1) is 18.8 Å². The van der Waals surface area contributed by atoms with Gasteiger partial charge in [0, 0.05) is 5.71 Å². The minimum atomic E-state index is -5.03. The summed E-state index contributed by atoms with van der Waals surface area (Å²) in [5.41, 5.74) is -1.34. The minimum absolute atomic E-state index is 0.0139. The number of aliphatic hydroxyl groups is 1. The Hall–Kier alpha value is -2.09. The predicted molar refractivity (Wildman–Crippen MR) is 103 cm³/mol. The Bertz CT molecular complexity index is 822. The van der Waals surface area contributed by atoms with Crippen molar-refractivity contribution in [1.29, 1.82) is 0 Å². The van der Waals surface area contributed by atoms with Gasteiger partial charge in [-0.2, -0.15) is 23.3 Å². The number of halogens is 3. The van der Waals surface area contributed by atoms with Crippen molar-refractivity contribution >= 4 is 11.6 Å². The Balaban J connectivity index is 1.85. The van der Waals surface area contributed by atoms with Crippen LogP contribution < -0.4 is 4.74 Å². The van der Waals surface area contributed by atoms with Gasteiger partial charge in [-0.25, -0.2) is 0 Å².